The molecule has 2 unspecified atom stereocenters. The van der Waals surface area contributed by atoms with E-state index in [0.29, 0.717) is 6.42 Å². The van der Waals surface area contributed by atoms with Crippen molar-refractivity contribution in [2.45, 2.75) is 45.7 Å². The van der Waals surface area contributed by atoms with Crippen LogP contribution >= 0.6 is 7.82 Å². The summed E-state index contributed by atoms with van der Waals surface area (Å²) >= 11 is 0. The summed E-state index contributed by atoms with van der Waals surface area (Å²) in [5.74, 6) is 0. The lowest BCUT2D eigenvalue weighted by Crippen LogP contribution is -2.16. The van der Waals surface area contributed by atoms with Gasteiger partial charge in [-0.1, -0.05) is 60.7 Å². The van der Waals surface area contributed by atoms with Crippen LogP contribution in [0.3, 0.4) is 0 Å². The molecule has 0 radical (unpaired) electrons. The predicted molar refractivity (Wildman–Crippen MR) is 96.9 cm³/mol. The minimum atomic E-state index is -3.77. The average Bonchev–Trinajstić information content (AvgIpc) is 2.59. The molecule has 2 rings (SSSR count). The number of phosphoric acid groups is 1. The Morgan fingerprint density at radius 1 is 0.880 bits per heavy atom. The van der Waals surface area contributed by atoms with Gasteiger partial charge in [0, 0.05) is 0 Å². The largest absolute Gasteiger partial charge is 0.475 e. The molecule has 0 spiro atoms. The van der Waals surface area contributed by atoms with E-state index >= 15 is 0 Å². The number of hydrogen-bond acceptors (Lipinski definition) is 5. The molecule has 0 aliphatic rings. The molecule has 25 heavy (non-hydrogen) atoms. The summed E-state index contributed by atoms with van der Waals surface area (Å²) in [4.78, 5) is 0. The topological polar surface area (TPSA) is 65.0 Å². The van der Waals surface area contributed by atoms with Crippen molar-refractivity contribution in [1.82, 2.24) is 0 Å². The van der Waals surface area contributed by atoms with Gasteiger partial charge in [0.05, 0.1) is 25.4 Å². The molecule has 0 bridgehead atoms. The normalized spacial score (nSPS) is 14.2. The zero-order valence-corrected chi connectivity index (χ0v) is 15.5. The van der Waals surface area contributed by atoms with E-state index in [1.165, 1.54) is 0 Å². The van der Waals surface area contributed by atoms with Gasteiger partial charge in [-0.2, -0.15) is 0 Å². The highest BCUT2D eigenvalue weighted by atomic mass is 31.2. The van der Waals surface area contributed by atoms with Gasteiger partial charge in [-0.25, -0.2) is 4.57 Å². The Bertz CT molecular complexity index is 613. The second kappa shape index (κ2) is 9.85. The van der Waals surface area contributed by atoms with Gasteiger partial charge in [0.2, 0.25) is 0 Å². The molecular formula is C19H25O5P. The second-order valence-corrected chi connectivity index (χ2v) is 7.59. The van der Waals surface area contributed by atoms with E-state index in [-0.39, 0.29) is 13.2 Å². The SMILES string of the molecule is CC(O)CC(C)OP(=O)(OCc1ccccc1)OCc1ccccc1. The van der Waals surface area contributed by atoms with Crippen LogP contribution in [0.5, 0.6) is 0 Å². The molecule has 2 aromatic carbocycles. The number of benzene rings is 2. The smallest absolute Gasteiger partial charge is 0.393 e. The summed E-state index contributed by atoms with van der Waals surface area (Å²) in [6.07, 6.45) is -0.683. The van der Waals surface area contributed by atoms with Gasteiger partial charge in [0.15, 0.2) is 0 Å². The van der Waals surface area contributed by atoms with Crippen molar-refractivity contribution >= 4 is 7.82 Å². The van der Waals surface area contributed by atoms with E-state index in [1.807, 2.05) is 60.7 Å². The van der Waals surface area contributed by atoms with Gasteiger partial charge in [0.1, 0.15) is 0 Å². The first-order valence-corrected chi connectivity index (χ1v) is 9.76. The summed E-state index contributed by atoms with van der Waals surface area (Å²) in [5, 5.41) is 9.48. The average molecular weight is 364 g/mol. The Kier molecular flexibility index (Phi) is 7.82. The first-order valence-electron chi connectivity index (χ1n) is 8.30. The second-order valence-electron chi connectivity index (χ2n) is 5.97. The maximum absolute atomic E-state index is 13.0. The maximum Gasteiger partial charge on any atom is 0.475 e. The van der Waals surface area contributed by atoms with E-state index in [4.69, 9.17) is 13.6 Å². The van der Waals surface area contributed by atoms with Crippen LogP contribution in [0.25, 0.3) is 0 Å². The quantitative estimate of drug-likeness (QED) is 0.619. The molecule has 1 N–H and O–H groups in total. The number of aliphatic hydroxyl groups is 1. The van der Waals surface area contributed by atoms with Gasteiger partial charge in [0.25, 0.3) is 0 Å². The van der Waals surface area contributed by atoms with Crippen LogP contribution in [0.2, 0.25) is 0 Å². The van der Waals surface area contributed by atoms with Crippen LogP contribution in [0.4, 0.5) is 0 Å². The molecule has 0 saturated heterocycles. The Balaban J connectivity index is 2.02. The van der Waals surface area contributed by atoms with Gasteiger partial charge in [-0.05, 0) is 31.4 Å². The van der Waals surface area contributed by atoms with Crippen molar-refractivity contribution in [1.29, 1.82) is 0 Å². The van der Waals surface area contributed by atoms with Crippen LogP contribution in [-0.4, -0.2) is 17.3 Å². The molecular weight excluding hydrogens is 339 g/mol. The third kappa shape index (κ3) is 7.51. The molecule has 0 saturated carbocycles. The number of aliphatic hydroxyl groups excluding tert-OH is 1. The van der Waals surface area contributed by atoms with Crippen molar-refractivity contribution in [2.75, 3.05) is 0 Å². The van der Waals surface area contributed by atoms with Crippen LogP contribution in [0.1, 0.15) is 31.4 Å². The molecule has 136 valence electrons. The lowest BCUT2D eigenvalue weighted by atomic mass is 10.2. The van der Waals surface area contributed by atoms with Crippen molar-refractivity contribution in [3.05, 3.63) is 71.8 Å². The van der Waals surface area contributed by atoms with Crippen molar-refractivity contribution in [3.8, 4) is 0 Å². The fourth-order valence-electron chi connectivity index (χ4n) is 2.30. The lowest BCUT2D eigenvalue weighted by molar-refractivity contribution is 0.0529. The Hall–Kier alpha value is -1.49. The van der Waals surface area contributed by atoms with Crippen molar-refractivity contribution in [3.63, 3.8) is 0 Å². The summed E-state index contributed by atoms with van der Waals surface area (Å²) in [6, 6.07) is 18.8. The van der Waals surface area contributed by atoms with Crippen LogP contribution < -0.4 is 0 Å². The standard InChI is InChI=1S/C19H25O5P/c1-16(20)13-17(2)24-25(21,22-14-18-9-5-3-6-10-18)23-15-19-11-7-4-8-12-19/h3-12,16-17,20H,13-15H2,1-2H3. The highest BCUT2D eigenvalue weighted by molar-refractivity contribution is 7.48. The Labute approximate surface area is 149 Å². The van der Waals surface area contributed by atoms with E-state index in [1.54, 1.807) is 13.8 Å². The van der Waals surface area contributed by atoms with E-state index < -0.39 is 20.0 Å². The maximum atomic E-state index is 13.0. The number of rotatable bonds is 10. The minimum Gasteiger partial charge on any atom is -0.393 e. The first-order chi connectivity index (χ1) is 12.0. The molecule has 2 atom stereocenters. The number of phosphoric ester groups is 1. The predicted octanol–water partition coefficient (Wildman–Crippen LogP) is 4.70. The van der Waals surface area contributed by atoms with Crippen molar-refractivity contribution < 1.29 is 23.2 Å². The zero-order chi connectivity index (χ0) is 18.1. The zero-order valence-electron chi connectivity index (χ0n) is 14.6. The summed E-state index contributed by atoms with van der Waals surface area (Å²) in [6.45, 7) is 3.63. The van der Waals surface area contributed by atoms with Crippen LogP contribution in [-0.2, 0) is 31.4 Å². The molecule has 0 heterocycles. The summed E-state index contributed by atoms with van der Waals surface area (Å²) < 4.78 is 29.6. The molecule has 0 aliphatic carbocycles. The summed E-state index contributed by atoms with van der Waals surface area (Å²) in [5.41, 5.74) is 1.75. The van der Waals surface area contributed by atoms with Gasteiger partial charge < -0.3 is 5.11 Å². The van der Waals surface area contributed by atoms with Crippen LogP contribution in [0.15, 0.2) is 60.7 Å². The van der Waals surface area contributed by atoms with E-state index in [9.17, 15) is 9.67 Å². The summed E-state index contributed by atoms with van der Waals surface area (Å²) in [7, 11) is -3.77. The third-order valence-electron chi connectivity index (χ3n) is 3.45. The van der Waals surface area contributed by atoms with Gasteiger partial charge >= 0.3 is 7.82 Å². The highest BCUT2D eigenvalue weighted by Gasteiger charge is 2.30. The first kappa shape index (κ1) is 19.8. The van der Waals surface area contributed by atoms with Crippen molar-refractivity contribution in [2.24, 2.45) is 0 Å². The molecule has 0 amide bonds. The Morgan fingerprint density at radius 3 is 1.72 bits per heavy atom. The van der Waals surface area contributed by atoms with E-state index in [0.717, 1.165) is 11.1 Å². The minimum absolute atomic E-state index is 0.119. The molecule has 0 fully saturated rings. The fraction of sp³-hybridized carbons (Fsp3) is 0.368. The molecule has 0 aliphatic heterocycles. The monoisotopic (exact) mass is 364 g/mol. The highest BCUT2D eigenvalue weighted by Crippen LogP contribution is 2.52. The van der Waals surface area contributed by atoms with Crippen LogP contribution in [0, 0.1) is 0 Å². The third-order valence-corrected chi connectivity index (χ3v) is 4.96. The van der Waals surface area contributed by atoms with Gasteiger partial charge in [-0.3, -0.25) is 13.6 Å². The Morgan fingerprint density at radius 2 is 1.32 bits per heavy atom. The van der Waals surface area contributed by atoms with Gasteiger partial charge in [-0.15, -0.1) is 0 Å². The number of hydrogen-bond donors (Lipinski definition) is 1. The van der Waals surface area contributed by atoms with E-state index in [2.05, 4.69) is 0 Å². The molecule has 6 heteroatoms. The lowest BCUT2D eigenvalue weighted by Gasteiger charge is -2.22. The molecule has 0 aromatic heterocycles. The fourth-order valence-corrected chi connectivity index (χ4v) is 3.64. The molecule has 2 aromatic rings. The molecule has 5 nitrogen and oxygen atoms in total.